The number of hydrogen-bond donors (Lipinski definition) is 1. The van der Waals surface area contributed by atoms with Crippen molar-refractivity contribution in [1.82, 2.24) is 15.1 Å². The molecule has 0 fully saturated rings. The van der Waals surface area contributed by atoms with Gasteiger partial charge in [0.1, 0.15) is 5.60 Å². The molecule has 0 aromatic carbocycles. The van der Waals surface area contributed by atoms with Crippen molar-refractivity contribution in [2.75, 3.05) is 40.8 Å². The number of ether oxygens (including phenoxy) is 1. The van der Waals surface area contributed by atoms with Crippen LogP contribution in [-0.2, 0) is 9.53 Å². The summed E-state index contributed by atoms with van der Waals surface area (Å²) < 4.78 is 5.10. The lowest BCUT2D eigenvalue weighted by molar-refractivity contribution is -0.129. The van der Waals surface area contributed by atoms with E-state index in [1.165, 1.54) is 4.90 Å². The van der Waals surface area contributed by atoms with E-state index in [1.54, 1.807) is 14.1 Å². The lowest BCUT2D eigenvalue weighted by Crippen LogP contribution is -2.40. The second-order valence-electron chi connectivity index (χ2n) is 5.45. The molecule has 0 aliphatic carbocycles. The fourth-order valence-electron chi connectivity index (χ4n) is 1.11. The Balaban J connectivity index is 3.78. The van der Waals surface area contributed by atoms with Gasteiger partial charge in [0.15, 0.2) is 0 Å². The smallest absolute Gasteiger partial charge is 0.407 e. The zero-order valence-corrected chi connectivity index (χ0v) is 12.2. The highest BCUT2D eigenvalue weighted by molar-refractivity contribution is 5.77. The molecule has 0 saturated carbocycles. The molecule has 0 atom stereocenters. The summed E-state index contributed by atoms with van der Waals surface area (Å²) in [7, 11) is 5.27. The van der Waals surface area contributed by atoms with Crippen LogP contribution < -0.4 is 5.32 Å². The SMILES string of the molecule is CN(CCNC(=O)OC(C)(C)C)CC(=O)N(C)C. The van der Waals surface area contributed by atoms with E-state index in [2.05, 4.69) is 5.32 Å². The molecule has 0 bridgehead atoms. The minimum Gasteiger partial charge on any atom is -0.444 e. The number of hydrogen-bond acceptors (Lipinski definition) is 4. The number of amides is 2. The third kappa shape index (κ3) is 8.81. The van der Waals surface area contributed by atoms with Crippen LogP contribution in [0, 0.1) is 0 Å². The number of likely N-dealkylation sites (N-methyl/N-ethyl adjacent to an activating group) is 2. The molecule has 6 heteroatoms. The molecule has 2 amide bonds. The maximum atomic E-state index is 11.4. The van der Waals surface area contributed by atoms with Crippen LogP contribution in [0.1, 0.15) is 20.8 Å². The minimum atomic E-state index is -0.489. The summed E-state index contributed by atoms with van der Waals surface area (Å²) in [5.41, 5.74) is -0.489. The Hall–Kier alpha value is -1.30. The average molecular weight is 259 g/mol. The van der Waals surface area contributed by atoms with Gasteiger partial charge in [0, 0.05) is 27.2 Å². The number of rotatable bonds is 5. The summed E-state index contributed by atoms with van der Waals surface area (Å²) in [5, 5.41) is 2.64. The number of carbonyl (C=O) groups is 2. The van der Waals surface area contributed by atoms with Crippen molar-refractivity contribution in [3.8, 4) is 0 Å². The number of nitrogens with zero attached hydrogens (tertiary/aromatic N) is 2. The van der Waals surface area contributed by atoms with E-state index in [0.717, 1.165) is 0 Å². The standard InChI is InChI=1S/C12H25N3O3/c1-12(2,3)18-11(17)13-7-8-15(6)9-10(16)14(4)5/h7-9H2,1-6H3,(H,13,17). The van der Waals surface area contributed by atoms with Gasteiger partial charge in [0.25, 0.3) is 0 Å². The Labute approximate surface area is 109 Å². The van der Waals surface area contributed by atoms with Crippen LogP contribution in [-0.4, -0.2) is 68.2 Å². The molecule has 0 aliphatic rings. The van der Waals surface area contributed by atoms with Crippen LogP contribution in [0.25, 0.3) is 0 Å². The second-order valence-corrected chi connectivity index (χ2v) is 5.45. The van der Waals surface area contributed by atoms with Gasteiger partial charge in [-0.15, -0.1) is 0 Å². The molecule has 1 N–H and O–H groups in total. The maximum Gasteiger partial charge on any atom is 0.407 e. The van der Waals surface area contributed by atoms with Crippen molar-refractivity contribution in [3.05, 3.63) is 0 Å². The molecule has 0 rings (SSSR count). The van der Waals surface area contributed by atoms with Crippen molar-refractivity contribution in [2.24, 2.45) is 0 Å². The molecule has 0 aliphatic heterocycles. The summed E-state index contributed by atoms with van der Waals surface area (Å²) in [6.45, 7) is 6.82. The molecule has 0 spiro atoms. The third-order valence-electron chi connectivity index (χ3n) is 2.07. The van der Waals surface area contributed by atoms with E-state index < -0.39 is 11.7 Å². The molecule has 0 aromatic heterocycles. The average Bonchev–Trinajstić information content (AvgIpc) is 2.14. The van der Waals surface area contributed by atoms with Crippen LogP contribution >= 0.6 is 0 Å². The quantitative estimate of drug-likeness (QED) is 0.782. The van der Waals surface area contributed by atoms with Gasteiger partial charge in [0.05, 0.1) is 6.54 Å². The van der Waals surface area contributed by atoms with Crippen LogP contribution in [0.5, 0.6) is 0 Å². The van der Waals surface area contributed by atoms with Gasteiger partial charge in [-0.3, -0.25) is 9.69 Å². The monoisotopic (exact) mass is 259 g/mol. The Morgan fingerprint density at radius 3 is 2.17 bits per heavy atom. The molecule has 0 radical (unpaired) electrons. The first-order valence-electron chi connectivity index (χ1n) is 5.97. The molecular weight excluding hydrogens is 234 g/mol. The van der Waals surface area contributed by atoms with Gasteiger partial charge in [-0.05, 0) is 27.8 Å². The van der Waals surface area contributed by atoms with Crippen molar-refractivity contribution in [3.63, 3.8) is 0 Å². The summed E-state index contributed by atoms with van der Waals surface area (Å²) in [5.74, 6) is 0.0368. The molecule has 6 nitrogen and oxygen atoms in total. The lowest BCUT2D eigenvalue weighted by atomic mass is 10.2. The summed E-state index contributed by atoms with van der Waals surface area (Å²) in [6, 6.07) is 0. The van der Waals surface area contributed by atoms with Crippen molar-refractivity contribution in [2.45, 2.75) is 26.4 Å². The molecule has 0 unspecified atom stereocenters. The van der Waals surface area contributed by atoms with Crippen LogP contribution in [0.2, 0.25) is 0 Å². The first-order chi connectivity index (χ1) is 8.11. The molecule has 0 aromatic rings. The van der Waals surface area contributed by atoms with Crippen LogP contribution in [0.15, 0.2) is 0 Å². The Kier molecular flexibility index (Phi) is 6.68. The van der Waals surface area contributed by atoms with Crippen molar-refractivity contribution < 1.29 is 14.3 Å². The number of carbonyl (C=O) groups excluding carboxylic acids is 2. The van der Waals surface area contributed by atoms with Gasteiger partial charge in [-0.2, -0.15) is 0 Å². The van der Waals surface area contributed by atoms with Gasteiger partial charge in [0.2, 0.25) is 5.91 Å². The highest BCUT2D eigenvalue weighted by Crippen LogP contribution is 2.06. The first-order valence-corrected chi connectivity index (χ1v) is 5.97. The van der Waals surface area contributed by atoms with E-state index in [0.29, 0.717) is 19.6 Å². The van der Waals surface area contributed by atoms with Crippen LogP contribution in [0.4, 0.5) is 4.79 Å². The lowest BCUT2D eigenvalue weighted by Gasteiger charge is -2.21. The Bertz CT molecular complexity index is 285. The molecule has 0 saturated heterocycles. The molecule has 0 heterocycles. The van der Waals surface area contributed by atoms with Gasteiger partial charge in [-0.1, -0.05) is 0 Å². The highest BCUT2D eigenvalue weighted by atomic mass is 16.6. The number of alkyl carbamates (subject to hydrolysis) is 1. The fourth-order valence-corrected chi connectivity index (χ4v) is 1.11. The zero-order chi connectivity index (χ0) is 14.3. The van der Waals surface area contributed by atoms with Crippen molar-refractivity contribution >= 4 is 12.0 Å². The van der Waals surface area contributed by atoms with E-state index in [9.17, 15) is 9.59 Å². The summed E-state index contributed by atoms with van der Waals surface area (Å²) >= 11 is 0. The predicted molar refractivity (Wildman–Crippen MR) is 70.4 cm³/mol. The third-order valence-corrected chi connectivity index (χ3v) is 2.07. The van der Waals surface area contributed by atoms with Crippen molar-refractivity contribution in [1.29, 1.82) is 0 Å². The van der Waals surface area contributed by atoms with Gasteiger partial charge < -0.3 is 15.0 Å². The second kappa shape index (κ2) is 7.20. The predicted octanol–water partition coefficient (Wildman–Crippen LogP) is 0.531. The van der Waals surface area contributed by atoms with Crippen LogP contribution in [0.3, 0.4) is 0 Å². The highest BCUT2D eigenvalue weighted by Gasteiger charge is 2.15. The van der Waals surface area contributed by atoms with Gasteiger partial charge in [-0.25, -0.2) is 4.79 Å². The minimum absolute atomic E-state index is 0.0368. The van der Waals surface area contributed by atoms with E-state index in [-0.39, 0.29) is 5.91 Å². The van der Waals surface area contributed by atoms with E-state index >= 15 is 0 Å². The summed E-state index contributed by atoms with van der Waals surface area (Å²) in [6.07, 6.45) is -0.435. The Morgan fingerprint density at radius 1 is 1.17 bits per heavy atom. The molecular formula is C12H25N3O3. The number of nitrogens with one attached hydrogen (secondary N) is 1. The molecule has 18 heavy (non-hydrogen) atoms. The summed E-state index contributed by atoms with van der Waals surface area (Å²) in [4.78, 5) is 26.1. The zero-order valence-electron chi connectivity index (χ0n) is 12.2. The topological polar surface area (TPSA) is 61.9 Å². The van der Waals surface area contributed by atoms with E-state index in [1.807, 2.05) is 32.7 Å². The largest absolute Gasteiger partial charge is 0.444 e. The normalized spacial score (nSPS) is 11.3. The maximum absolute atomic E-state index is 11.4. The molecule has 106 valence electrons. The Morgan fingerprint density at radius 2 is 1.72 bits per heavy atom. The van der Waals surface area contributed by atoms with Gasteiger partial charge >= 0.3 is 6.09 Å². The fraction of sp³-hybridized carbons (Fsp3) is 0.833. The van der Waals surface area contributed by atoms with E-state index in [4.69, 9.17) is 4.74 Å². The first kappa shape index (κ1) is 16.7.